The molecule has 6 heteroatoms. The van der Waals surface area contributed by atoms with E-state index < -0.39 is 0 Å². The van der Waals surface area contributed by atoms with Crippen LogP contribution in [0.1, 0.15) is 27.9 Å². The number of aromatic nitrogens is 3. The van der Waals surface area contributed by atoms with Crippen LogP contribution in [0.25, 0.3) is 11.3 Å². The summed E-state index contributed by atoms with van der Waals surface area (Å²) in [5.74, 6) is -0.107. The number of rotatable bonds is 6. The van der Waals surface area contributed by atoms with Crippen LogP contribution in [-0.2, 0) is 6.54 Å². The quantitative estimate of drug-likeness (QED) is 0.684. The first-order chi connectivity index (χ1) is 13.0. The first kappa shape index (κ1) is 18.5. The number of carbonyl (C=O) groups excluding carboxylic acids is 1. The summed E-state index contributed by atoms with van der Waals surface area (Å²) < 4.78 is 1.43. The summed E-state index contributed by atoms with van der Waals surface area (Å²) in [6.07, 6.45) is 3.99. The van der Waals surface area contributed by atoms with Crippen LogP contribution in [0.4, 0.5) is 0 Å². The van der Waals surface area contributed by atoms with Gasteiger partial charge >= 0.3 is 0 Å². The molecule has 6 nitrogen and oxygen atoms in total. The Bertz CT molecular complexity index is 997. The summed E-state index contributed by atoms with van der Waals surface area (Å²) in [7, 11) is 0. The van der Waals surface area contributed by atoms with Crippen molar-refractivity contribution < 1.29 is 4.79 Å². The smallest absolute Gasteiger partial charge is 0.266 e. The average Bonchev–Trinajstić information content (AvgIpc) is 2.69. The molecule has 1 amide bonds. The lowest BCUT2D eigenvalue weighted by atomic mass is 10.1. The highest BCUT2D eigenvalue weighted by Crippen LogP contribution is 2.13. The molecule has 3 aromatic rings. The standard InChI is InChI=1S/C21H22N4O2/c1-15-4-5-18(14-16(15)2)21(27)23-10-3-13-25-20(26)7-6-19(24-25)17-8-11-22-12-9-17/h4-9,11-12,14H,3,10,13H2,1-2H3,(H,23,27). The maximum absolute atomic E-state index is 12.2. The van der Waals surface area contributed by atoms with E-state index in [1.807, 2.05) is 44.2 Å². The van der Waals surface area contributed by atoms with Crippen LogP contribution in [0.15, 0.2) is 59.7 Å². The van der Waals surface area contributed by atoms with Crippen molar-refractivity contribution in [1.82, 2.24) is 20.1 Å². The molecule has 0 saturated carbocycles. The van der Waals surface area contributed by atoms with Crippen molar-refractivity contribution in [3.8, 4) is 11.3 Å². The lowest BCUT2D eigenvalue weighted by molar-refractivity contribution is 0.0952. The minimum Gasteiger partial charge on any atom is -0.352 e. The van der Waals surface area contributed by atoms with Crippen molar-refractivity contribution in [1.29, 1.82) is 0 Å². The van der Waals surface area contributed by atoms with Crippen molar-refractivity contribution >= 4 is 5.91 Å². The van der Waals surface area contributed by atoms with E-state index in [-0.39, 0.29) is 11.5 Å². The normalized spacial score (nSPS) is 10.6. The van der Waals surface area contributed by atoms with Gasteiger partial charge in [-0.25, -0.2) is 4.68 Å². The molecule has 0 saturated heterocycles. The van der Waals surface area contributed by atoms with E-state index in [1.165, 1.54) is 10.7 Å². The Balaban J connectivity index is 1.58. The van der Waals surface area contributed by atoms with Gasteiger partial charge in [0.1, 0.15) is 0 Å². The van der Waals surface area contributed by atoms with E-state index >= 15 is 0 Å². The SMILES string of the molecule is Cc1ccc(C(=O)NCCCn2nc(-c3ccncc3)ccc2=O)cc1C. The molecule has 0 aliphatic carbocycles. The lowest BCUT2D eigenvalue weighted by Crippen LogP contribution is -2.28. The van der Waals surface area contributed by atoms with E-state index in [2.05, 4.69) is 15.4 Å². The van der Waals surface area contributed by atoms with Crippen LogP contribution in [0, 0.1) is 13.8 Å². The lowest BCUT2D eigenvalue weighted by Gasteiger charge is -2.09. The van der Waals surface area contributed by atoms with Crippen LogP contribution in [-0.4, -0.2) is 27.2 Å². The van der Waals surface area contributed by atoms with E-state index in [4.69, 9.17) is 0 Å². The fourth-order valence-electron chi connectivity index (χ4n) is 2.70. The number of carbonyl (C=O) groups is 1. The number of aryl methyl sites for hydroxylation is 3. The summed E-state index contributed by atoms with van der Waals surface area (Å²) in [4.78, 5) is 28.2. The summed E-state index contributed by atoms with van der Waals surface area (Å²) in [6, 6.07) is 12.6. The van der Waals surface area contributed by atoms with Gasteiger partial charge in [-0.15, -0.1) is 0 Å². The first-order valence-corrected chi connectivity index (χ1v) is 8.88. The van der Waals surface area contributed by atoms with Crippen molar-refractivity contribution in [2.75, 3.05) is 6.54 Å². The van der Waals surface area contributed by atoms with Gasteiger partial charge in [-0.1, -0.05) is 6.07 Å². The highest BCUT2D eigenvalue weighted by molar-refractivity contribution is 5.94. The van der Waals surface area contributed by atoms with Crippen LogP contribution in [0.3, 0.4) is 0 Å². The molecule has 0 aliphatic heterocycles. The number of benzene rings is 1. The molecule has 2 aromatic heterocycles. The molecule has 0 radical (unpaired) electrons. The van der Waals surface area contributed by atoms with Crippen LogP contribution >= 0.6 is 0 Å². The Morgan fingerprint density at radius 3 is 2.56 bits per heavy atom. The van der Waals surface area contributed by atoms with Crippen molar-refractivity contribution in [2.24, 2.45) is 0 Å². The van der Waals surface area contributed by atoms with E-state index in [9.17, 15) is 9.59 Å². The average molecular weight is 362 g/mol. The zero-order valence-electron chi connectivity index (χ0n) is 15.5. The topological polar surface area (TPSA) is 76.9 Å². The molecule has 0 unspecified atom stereocenters. The zero-order valence-corrected chi connectivity index (χ0v) is 15.5. The van der Waals surface area contributed by atoms with Crippen molar-refractivity contribution in [3.05, 3.63) is 81.9 Å². The second kappa shape index (κ2) is 8.40. The van der Waals surface area contributed by atoms with Gasteiger partial charge in [-0.05, 0) is 61.7 Å². The van der Waals surface area contributed by atoms with Gasteiger partial charge in [0, 0.05) is 42.7 Å². The third-order valence-electron chi connectivity index (χ3n) is 4.44. The number of hydrogen-bond acceptors (Lipinski definition) is 4. The van der Waals surface area contributed by atoms with E-state index in [1.54, 1.807) is 18.5 Å². The van der Waals surface area contributed by atoms with Gasteiger partial charge in [0.2, 0.25) is 0 Å². The van der Waals surface area contributed by atoms with E-state index in [0.717, 1.165) is 22.4 Å². The molecule has 1 aromatic carbocycles. The minimum absolute atomic E-state index is 0.107. The molecule has 0 bridgehead atoms. The highest BCUT2D eigenvalue weighted by Gasteiger charge is 2.07. The largest absolute Gasteiger partial charge is 0.352 e. The second-order valence-corrected chi connectivity index (χ2v) is 6.42. The fourth-order valence-corrected chi connectivity index (χ4v) is 2.70. The molecule has 0 aliphatic rings. The summed E-state index contributed by atoms with van der Waals surface area (Å²) in [5, 5.41) is 7.29. The Morgan fingerprint density at radius 1 is 1.04 bits per heavy atom. The Hall–Kier alpha value is -3.28. The Kier molecular flexibility index (Phi) is 5.76. The molecular formula is C21H22N4O2. The summed E-state index contributed by atoms with van der Waals surface area (Å²) in [5.41, 5.74) is 4.36. The Morgan fingerprint density at radius 2 is 1.81 bits per heavy atom. The highest BCUT2D eigenvalue weighted by atomic mass is 16.1. The number of nitrogens with zero attached hydrogens (tertiary/aromatic N) is 3. The zero-order chi connectivity index (χ0) is 19.2. The van der Waals surface area contributed by atoms with Gasteiger partial charge in [-0.2, -0.15) is 5.10 Å². The van der Waals surface area contributed by atoms with Crippen LogP contribution in [0.5, 0.6) is 0 Å². The monoisotopic (exact) mass is 362 g/mol. The minimum atomic E-state index is -0.159. The van der Waals surface area contributed by atoms with Crippen LogP contribution < -0.4 is 10.9 Å². The third kappa shape index (κ3) is 4.67. The van der Waals surface area contributed by atoms with Gasteiger partial charge < -0.3 is 5.32 Å². The molecule has 27 heavy (non-hydrogen) atoms. The second-order valence-electron chi connectivity index (χ2n) is 6.42. The Labute approximate surface area is 157 Å². The predicted molar refractivity (Wildman–Crippen MR) is 105 cm³/mol. The molecule has 2 heterocycles. The van der Waals surface area contributed by atoms with Gasteiger partial charge in [0.05, 0.1) is 5.69 Å². The molecule has 0 fully saturated rings. The molecule has 0 atom stereocenters. The van der Waals surface area contributed by atoms with E-state index in [0.29, 0.717) is 25.1 Å². The third-order valence-corrected chi connectivity index (χ3v) is 4.44. The van der Waals surface area contributed by atoms with Gasteiger partial charge in [0.15, 0.2) is 0 Å². The number of hydrogen-bond donors (Lipinski definition) is 1. The van der Waals surface area contributed by atoms with Crippen molar-refractivity contribution in [3.63, 3.8) is 0 Å². The number of amides is 1. The molecule has 138 valence electrons. The summed E-state index contributed by atoms with van der Waals surface area (Å²) in [6.45, 7) is 4.91. The maximum atomic E-state index is 12.2. The maximum Gasteiger partial charge on any atom is 0.266 e. The fraction of sp³-hybridized carbons (Fsp3) is 0.238. The molecule has 1 N–H and O–H groups in total. The predicted octanol–water partition coefficient (Wildman–Crippen LogP) is 2.74. The molecule has 0 spiro atoms. The van der Waals surface area contributed by atoms with Crippen LogP contribution in [0.2, 0.25) is 0 Å². The first-order valence-electron chi connectivity index (χ1n) is 8.88. The summed E-state index contributed by atoms with van der Waals surface area (Å²) >= 11 is 0. The van der Waals surface area contributed by atoms with Crippen molar-refractivity contribution in [2.45, 2.75) is 26.8 Å². The number of pyridine rings is 1. The molecule has 3 rings (SSSR count). The van der Waals surface area contributed by atoms with Gasteiger partial charge in [0.25, 0.3) is 11.5 Å². The number of nitrogens with one attached hydrogen (secondary N) is 1. The molecular weight excluding hydrogens is 340 g/mol. The van der Waals surface area contributed by atoms with Gasteiger partial charge in [-0.3, -0.25) is 14.6 Å².